The molecule has 0 unspecified atom stereocenters. The van der Waals surface area contributed by atoms with Crippen LogP contribution < -0.4 is 4.90 Å². The number of rotatable bonds is 4. The Balaban J connectivity index is 1.49. The number of anilines is 1. The van der Waals surface area contributed by atoms with Crippen molar-refractivity contribution in [2.75, 3.05) is 18.0 Å². The van der Waals surface area contributed by atoms with Gasteiger partial charge in [-0.05, 0) is 58.7 Å². The standard InChI is InChI=1S/C25H21Br2N3/c26-21-8-6-18(7-9-21)15-30-17-20-16-29(14-19-3-1-4-22(27)13-19)12-10-23(20)24-5-2-11-28-25(24)30/h1-11,13,17H,12,14-16H2/i17D. The minimum atomic E-state index is 0.541. The predicted octanol–water partition coefficient (Wildman–Crippen LogP) is 6.41. The van der Waals surface area contributed by atoms with Crippen molar-refractivity contribution in [3.8, 4) is 0 Å². The summed E-state index contributed by atoms with van der Waals surface area (Å²) in [6.07, 6.45) is 4.61. The van der Waals surface area contributed by atoms with Gasteiger partial charge in [-0.15, -0.1) is 0 Å². The third-order valence-corrected chi connectivity index (χ3v) is 6.43. The van der Waals surface area contributed by atoms with E-state index in [4.69, 9.17) is 1.37 Å². The van der Waals surface area contributed by atoms with Gasteiger partial charge in [-0.3, -0.25) is 4.90 Å². The van der Waals surface area contributed by atoms with Crippen LogP contribution in [0.25, 0.3) is 5.57 Å². The maximum Gasteiger partial charge on any atom is 0.140 e. The lowest BCUT2D eigenvalue weighted by Gasteiger charge is -2.35. The van der Waals surface area contributed by atoms with Gasteiger partial charge in [0.1, 0.15) is 5.82 Å². The molecule has 2 aliphatic heterocycles. The summed E-state index contributed by atoms with van der Waals surface area (Å²) < 4.78 is 11.2. The highest BCUT2D eigenvalue weighted by Crippen LogP contribution is 2.38. The van der Waals surface area contributed by atoms with Gasteiger partial charge in [-0.1, -0.05) is 62.2 Å². The van der Waals surface area contributed by atoms with Gasteiger partial charge in [0.05, 0.1) is 1.37 Å². The van der Waals surface area contributed by atoms with Crippen molar-refractivity contribution in [2.45, 2.75) is 13.1 Å². The fourth-order valence-electron chi connectivity index (χ4n) is 4.02. The number of aromatic nitrogens is 1. The zero-order valence-corrected chi connectivity index (χ0v) is 19.5. The molecule has 0 fully saturated rings. The monoisotopic (exact) mass is 522 g/mol. The van der Waals surface area contributed by atoms with Crippen LogP contribution in [0.3, 0.4) is 0 Å². The Morgan fingerprint density at radius 1 is 0.933 bits per heavy atom. The molecular weight excluding hydrogens is 502 g/mol. The van der Waals surface area contributed by atoms with Crippen molar-refractivity contribution < 1.29 is 1.37 Å². The average molecular weight is 524 g/mol. The first-order valence-corrected chi connectivity index (χ1v) is 11.5. The molecule has 5 rings (SSSR count). The summed E-state index contributed by atoms with van der Waals surface area (Å²) >= 11 is 7.07. The van der Waals surface area contributed by atoms with Crippen molar-refractivity contribution in [1.29, 1.82) is 0 Å². The third-order valence-electron chi connectivity index (χ3n) is 5.41. The summed E-state index contributed by atoms with van der Waals surface area (Å²) in [5.41, 5.74) is 5.76. The maximum absolute atomic E-state index is 9.06. The molecule has 0 amide bonds. The molecule has 2 aromatic carbocycles. The highest BCUT2D eigenvalue weighted by atomic mass is 79.9. The Kier molecular flexibility index (Phi) is 5.25. The van der Waals surface area contributed by atoms with Crippen LogP contribution in [-0.2, 0) is 13.1 Å². The van der Waals surface area contributed by atoms with E-state index in [0.717, 1.165) is 56.7 Å². The van der Waals surface area contributed by atoms with E-state index in [1.807, 2.05) is 35.4 Å². The number of halogens is 2. The lowest BCUT2D eigenvalue weighted by Crippen LogP contribution is -2.33. The first-order chi connectivity index (χ1) is 15.1. The molecule has 0 saturated heterocycles. The van der Waals surface area contributed by atoms with Gasteiger partial charge >= 0.3 is 0 Å². The fourth-order valence-corrected chi connectivity index (χ4v) is 4.73. The van der Waals surface area contributed by atoms with Gasteiger partial charge in [0.15, 0.2) is 0 Å². The fraction of sp³-hybridized carbons (Fsp3) is 0.160. The lowest BCUT2D eigenvalue weighted by atomic mass is 9.92. The second-order valence-corrected chi connectivity index (χ2v) is 9.43. The summed E-state index contributed by atoms with van der Waals surface area (Å²) in [5.74, 6) is 0.867. The number of pyridine rings is 1. The van der Waals surface area contributed by atoms with Crippen LogP contribution in [-0.4, -0.2) is 23.0 Å². The van der Waals surface area contributed by atoms with Gasteiger partial charge < -0.3 is 4.90 Å². The third kappa shape index (κ3) is 4.15. The molecule has 3 nitrogen and oxygen atoms in total. The molecule has 0 spiro atoms. The van der Waals surface area contributed by atoms with E-state index in [2.05, 4.69) is 84.2 Å². The molecule has 3 heterocycles. The summed E-state index contributed by atoms with van der Waals surface area (Å²) in [7, 11) is 0. The summed E-state index contributed by atoms with van der Waals surface area (Å²) in [6.45, 7) is 3.09. The smallest absolute Gasteiger partial charge is 0.140 e. The van der Waals surface area contributed by atoms with E-state index >= 15 is 0 Å². The molecule has 1 aromatic heterocycles. The first kappa shape index (κ1) is 18.6. The van der Waals surface area contributed by atoms with Gasteiger partial charge in [-0.2, -0.15) is 0 Å². The Labute approximate surface area is 195 Å². The van der Waals surface area contributed by atoms with E-state index in [0.29, 0.717) is 12.7 Å². The van der Waals surface area contributed by atoms with Crippen molar-refractivity contribution in [2.24, 2.45) is 0 Å². The molecule has 3 aromatic rings. The normalized spacial score (nSPS) is 16.7. The van der Waals surface area contributed by atoms with Gasteiger partial charge in [0.2, 0.25) is 0 Å². The second kappa shape index (κ2) is 8.50. The minimum absolute atomic E-state index is 0.541. The van der Waals surface area contributed by atoms with E-state index < -0.39 is 0 Å². The Bertz CT molecular complexity index is 1190. The van der Waals surface area contributed by atoms with Crippen LogP contribution in [0.5, 0.6) is 0 Å². The van der Waals surface area contributed by atoms with Gasteiger partial charge in [0.25, 0.3) is 0 Å². The number of hydrogen-bond donors (Lipinski definition) is 0. The van der Waals surface area contributed by atoms with Crippen molar-refractivity contribution in [3.63, 3.8) is 0 Å². The van der Waals surface area contributed by atoms with Crippen LogP contribution in [0.4, 0.5) is 5.82 Å². The molecule has 0 N–H and O–H groups in total. The highest BCUT2D eigenvalue weighted by Gasteiger charge is 2.27. The number of hydrogen-bond acceptors (Lipinski definition) is 3. The van der Waals surface area contributed by atoms with Crippen LogP contribution in [0.2, 0.25) is 0 Å². The second-order valence-electron chi connectivity index (χ2n) is 7.59. The Morgan fingerprint density at radius 3 is 2.63 bits per heavy atom. The van der Waals surface area contributed by atoms with Crippen LogP contribution in [0.15, 0.2) is 93.6 Å². The molecule has 0 saturated carbocycles. The molecule has 0 aliphatic carbocycles. The molecule has 0 radical (unpaired) electrons. The highest BCUT2D eigenvalue weighted by molar-refractivity contribution is 9.10. The van der Waals surface area contributed by atoms with Crippen LogP contribution >= 0.6 is 31.9 Å². The minimum Gasteiger partial charge on any atom is -0.328 e. The van der Waals surface area contributed by atoms with Gasteiger partial charge in [-0.25, -0.2) is 4.98 Å². The lowest BCUT2D eigenvalue weighted by molar-refractivity contribution is 0.317. The molecular formula is C25H21Br2N3. The molecule has 2 aliphatic rings. The van der Waals surface area contributed by atoms with Crippen molar-refractivity contribution in [3.05, 3.63) is 110 Å². The summed E-state index contributed by atoms with van der Waals surface area (Å²) in [5, 5.41) is 0. The molecule has 0 atom stereocenters. The van der Waals surface area contributed by atoms with Crippen molar-refractivity contribution >= 4 is 43.3 Å². The average Bonchev–Trinajstić information content (AvgIpc) is 2.78. The molecule has 5 heteroatoms. The number of nitrogens with zero attached hydrogens (tertiary/aromatic N) is 3. The van der Waals surface area contributed by atoms with Crippen LogP contribution in [0, 0.1) is 0 Å². The molecule has 150 valence electrons. The molecule has 30 heavy (non-hydrogen) atoms. The number of benzene rings is 2. The summed E-state index contributed by atoms with van der Waals surface area (Å²) in [4.78, 5) is 9.07. The number of fused-ring (bicyclic) bond motifs is 3. The van der Waals surface area contributed by atoms with E-state index in [1.54, 1.807) is 0 Å². The maximum atomic E-state index is 9.06. The van der Waals surface area contributed by atoms with Gasteiger partial charge in [0, 0.05) is 53.1 Å². The quantitative estimate of drug-likeness (QED) is 0.394. The van der Waals surface area contributed by atoms with E-state index in [9.17, 15) is 0 Å². The van der Waals surface area contributed by atoms with Crippen LogP contribution in [0.1, 0.15) is 18.1 Å². The van der Waals surface area contributed by atoms with Crippen molar-refractivity contribution in [1.82, 2.24) is 9.88 Å². The Morgan fingerprint density at radius 2 is 1.80 bits per heavy atom. The zero-order chi connectivity index (χ0) is 21.4. The summed E-state index contributed by atoms with van der Waals surface area (Å²) in [6, 6.07) is 20.8. The largest absolute Gasteiger partial charge is 0.328 e. The predicted molar refractivity (Wildman–Crippen MR) is 130 cm³/mol. The zero-order valence-electron chi connectivity index (χ0n) is 17.4. The Hall–Kier alpha value is -2.21. The topological polar surface area (TPSA) is 19.4 Å². The molecule has 0 bridgehead atoms. The van der Waals surface area contributed by atoms with E-state index in [1.165, 1.54) is 5.56 Å². The van der Waals surface area contributed by atoms with E-state index in [-0.39, 0.29) is 0 Å². The first-order valence-electron chi connectivity index (χ1n) is 10.4. The SMILES string of the molecule is [2H]C1=C2CN(Cc3cccc(Br)c3)CC=C2c2cccnc2N1Cc1ccc(Br)cc1.